The molecule has 0 unspecified atom stereocenters. The third-order valence-corrected chi connectivity index (χ3v) is 2.70. The van der Waals surface area contributed by atoms with E-state index in [9.17, 15) is 10.1 Å². The van der Waals surface area contributed by atoms with Gasteiger partial charge in [0.1, 0.15) is 19.3 Å². The summed E-state index contributed by atoms with van der Waals surface area (Å²) in [7, 11) is 0. The number of nitrogens with zero attached hydrogens (tertiary/aromatic N) is 5. The number of aromatic nitrogens is 4. The fraction of sp³-hybridized carbons (Fsp3) is 0.0667. The Hall–Kier alpha value is -3.62. The molecular formula is C15H14N6O3. The van der Waals surface area contributed by atoms with Gasteiger partial charge < -0.3 is 10.5 Å². The van der Waals surface area contributed by atoms with E-state index in [1.54, 1.807) is 18.5 Å². The second-order valence-electron chi connectivity index (χ2n) is 4.35. The molecule has 0 saturated carbocycles. The molecule has 9 heteroatoms. The van der Waals surface area contributed by atoms with Gasteiger partial charge in [-0.25, -0.2) is 15.0 Å². The Morgan fingerprint density at radius 1 is 1.04 bits per heavy atom. The number of hydrogen-bond donors (Lipinski definition) is 1. The molecule has 9 nitrogen and oxygen atoms in total. The third-order valence-electron chi connectivity index (χ3n) is 2.70. The van der Waals surface area contributed by atoms with Gasteiger partial charge in [-0.1, -0.05) is 30.3 Å². The molecule has 2 aromatic heterocycles. The van der Waals surface area contributed by atoms with Gasteiger partial charge in [0.2, 0.25) is 5.82 Å². The standard InChI is InChI=1S/C11H10N4O3.C4H4N2/c12-10-9(15(16)17)11(14-7-13-10)18-6-8-4-2-1-3-5-8;1-2-5-4-6-3-1/h1-5,7H,6H2,(H2,12,13,14);1-4H. The molecule has 122 valence electrons. The van der Waals surface area contributed by atoms with E-state index in [4.69, 9.17) is 10.5 Å². The summed E-state index contributed by atoms with van der Waals surface area (Å²) in [6, 6.07) is 11.0. The van der Waals surface area contributed by atoms with E-state index in [-0.39, 0.29) is 18.3 Å². The number of nitro groups is 1. The van der Waals surface area contributed by atoms with E-state index in [2.05, 4.69) is 19.9 Å². The Balaban J connectivity index is 0.000000292. The summed E-state index contributed by atoms with van der Waals surface area (Å²) < 4.78 is 5.29. The van der Waals surface area contributed by atoms with Crippen molar-refractivity contribution in [1.29, 1.82) is 0 Å². The van der Waals surface area contributed by atoms with Crippen molar-refractivity contribution >= 4 is 11.5 Å². The fourth-order valence-electron chi connectivity index (χ4n) is 1.63. The molecule has 0 bridgehead atoms. The summed E-state index contributed by atoms with van der Waals surface area (Å²) in [4.78, 5) is 24.8. The number of benzene rings is 1. The Labute approximate surface area is 137 Å². The van der Waals surface area contributed by atoms with Crippen LogP contribution in [0.5, 0.6) is 5.88 Å². The Kier molecular flexibility index (Phi) is 6.09. The number of nitrogens with two attached hydrogens (primary N) is 1. The van der Waals surface area contributed by atoms with Crippen LogP contribution in [0.1, 0.15) is 5.56 Å². The highest BCUT2D eigenvalue weighted by Crippen LogP contribution is 2.28. The number of ether oxygens (including phenoxy) is 1. The molecule has 3 rings (SSSR count). The smallest absolute Gasteiger partial charge is 0.372 e. The Bertz CT molecular complexity index is 744. The molecule has 3 aromatic rings. The average molecular weight is 326 g/mol. The monoisotopic (exact) mass is 326 g/mol. The largest absolute Gasteiger partial charge is 0.468 e. The van der Waals surface area contributed by atoms with Crippen LogP contribution in [-0.4, -0.2) is 24.9 Å². The van der Waals surface area contributed by atoms with Gasteiger partial charge in [0, 0.05) is 12.4 Å². The molecule has 24 heavy (non-hydrogen) atoms. The lowest BCUT2D eigenvalue weighted by molar-refractivity contribution is -0.385. The number of nitrogen functional groups attached to an aromatic ring is 1. The lowest BCUT2D eigenvalue weighted by Crippen LogP contribution is -2.05. The zero-order chi connectivity index (χ0) is 17.2. The molecule has 0 amide bonds. The van der Waals surface area contributed by atoms with E-state index in [1.807, 2.05) is 30.3 Å². The zero-order valence-electron chi connectivity index (χ0n) is 12.5. The highest BCUT2D eigenvalue weighted by molar-refractivity contribution is 5.57. The molecule has 0 atom stereocenters. The molecule has 0 fully saturated rings. The van der Waals surface area contributed by atoms with Crippen LogP contribution in [0.3, 0.4) is 0 Å². The SMILES string of the molecule is Nc1ncnc(OCc2ccccc2)c1[N+](=O)[O-].c1cncnc1. The van der Waals surface area contributed by atoms with E-state index < -0.39 is 10.6 Å². The van der Waals surface area contributed by atoms with Crippen LogP contribution in [0.25, 0.3) is 0 Å². The summed E-state index contributed by atoms with van der Waals surface area (Å²) in [5.74, 6) is -0.339. The van der Waals surface area contributed by atoms with Gasteiger partial charge in [-0.2, -0.15) is 4.98 Å². The highest BCUT2D eigenvalue weighted by Gasteiger charge is 2.22. The van der Waals surface area contributed by atoms with E-state index in [1.165, 1.54) is 6.33 Å². The van der Waals surface area contributed by atoms with Gasteiger partial charge in [-0.3, -0.25) is 10.1 Å². The van der Waals surface area contributed by atoms with E-state index in [0.717, 1.165) is 11.9 Å². The summed E-state index contributed by atoms with van der Waals surface area (Å²) in [6.07, 6.45) is 6.00. The van der Waals surface area contributed by atoms with Crippen molar-refractivity contribution in [3.8, 4) is 5.88 Å². The molecular weight excluding hydrogens is 312 g/mol. The highest BCUT2D eigenvalue weighted by atomic mass is 16.6. The first-order valence-electron chi connectivity index (χ1n) is 6.80. The van der Waals surface area contributed by atoms with E-state index >= 15 is 0 Å². The first-order chi connectivity index (χ1) is 11.7. The van der Waals surface area contributed by atoms with Crippen molar-refractivity contribution in [2.45, 2.75) is 6.61 Å². The summed E-state index contributed by atoms with van der Waals surface area (Å²) >= 11 is 0. The lowest BCUT2D eigenvalue weighted by Gasteiger charge is -2.06. The molecule has 0 saturated heterocycles. The average Bonchev–Trinajstić information content (AvgIpc) is 2.62. The van der Waals surface area contributed by atoms with Crippen LogP contribution in [0.15, 0.2) is 61.4 Å². The third kappa shape index (κ3) is 4.98. The molecule has 0 spiro atoms. The molecule has 0 aliphatic rings. The van der Waals surface area contributed by atoms with Gasteiger partial charge in [0.25, 0.3) is 5.88 Å². The Morgan fingerprint density at radius 3 is 2.29 bits per heavy atom. The lowest BCUT2D eigenvalue weighted by atomic mass is 10.2. The minimum Gasteiger partial charge on any atom is -0.468 e. The summed E-state index contributed by atoms with van der Waals surface area (Å²) in [5.41, 5.74) is 5.89. The maximum Gasteiger partial charge on any atom is 0.372 e. The molecule has 0 aliphatic heterocycles. The normalized spacial score (nSPS) is 9.50. The molecule has 2 heterocycles. The first-order valence-corrected chi connectivity index (χ1v) is 6.80. The second kappa shape index (κ2) is 8.73. The summed E-state index contributed by atoms with van der Waals surface area (Å²) in [5, 5.41) is 10.8. The molecule has 1 aromatic carbocycles. The predicted octanol–water partition coefficient (Wildman–Crippen LogP) is 2.02. The maximum atomic E-state index is 10.8. The Morgan fingerprint density at radius 2 is 1.75 bits per heavy atom. The minimum absolute atomic E-state index is 0.128. The quantitative estimate of drug-likeness (QED) is 0.569. The zero-order valence-corrected chi connectivity index (χ0v) is 12.5. The van der Waals surface area contributed by atoms with Crippen molar-refractivity contribution in [1.82, 2.24) is 19.9 Å². The van der Waals surface area contributed by atoms with Crippen molar-refractivity contribution in [2.24, 2.45) is 0 Å². The number of anilines is 1. The molecule has 2 N–H and O–H groups in total. The van der Waals surface area contributed by atoms with Crippen molar-refractivity contribution < 1.29 is 9.66 Å². The van der Waals surface area contributed by atoms with Crippen LogP contribution in [-0.2, 0) is 6.61 Å². The van der Waals surface area contributed by atoms with Crippen LogP contribution in [0.2, 0.25) is 0 Å². The molecule has 0 aliphatic carbocycles. The predicted molar refractivity (Wildman–Crippen MR) is 85.9 cm³/mol. The number of rotatable bonds is 4. The van der Waals surface area contributed by atoms with Crippen molar-refractivity contribution in [3.05, 3.63) is 77.1 Å². The van der Waals surface area contributed by atoms with Crippen molar-refractivity contribution in [2.75, 3.05) is 5.73 Å². The van der Waals surface area contributed by atoms with Crippen LogP contribution >= 0.6 is 0 Å². The first kappa shape index (κ1) is 16.7. The van der Waals surface area contributed by atoms with Crippen LogP contribution < -0.4 is 10.5 Å². The number of hydrogen-bond acceptors (Lipinski definition) is 8. The van der Waals surface area contributed by atoms with Gasteiger partial charge >= 0.3 is 5.69 Å². The van der Waals surface area contributed by atoms with Gasteiger partial charge in [0.05, 0.1) is 4.92 Å². The fourth-order valence-corrected chi connectivity index (χ4v) is 1.63. The topological polar surface area (TPSA) is 130 Å². The maximum absolute atomic E-state index is 10.8. The summed E-state index contributed by atoms with van der Waals surface area (Å²) in [6.45, 7) is 0.179. The minimum atomic E-state index is -0.657. The van der Waals surface area contributed by atoms with E-state index in [0.29, 0.717) is 0 Å². The molecule has 0 radical (unpaired) electrons. The van der Waals surface area contributed by atoms with Crippen LogP contribution in [0, 0.1) is 10.1 Å². The second-order valence-corrected chi connectivity index (χ2v) is 4.35. The van der Waals surface area contributed by atoms with Gasteiger partial charge in [0.15, 0.2) is 0 Å². The van der Waals surface area contributed by atoms with Crippen molar-refractivity contribution in [3.63, 3.8) is 0 Å². The van der Waals surface area contributed by atoms with Gasteiger partial charge in [-0.15, -0.1) is 0 Å². The van der Waals surface area contributed by atoms with Gasteiger partial charge in [-0.05, 0) is 11.6 Å². The van der Waals surface area contributed by atoms with Crippen LogP contribution in [0.4, 0.5) is 11.5 Å².